The molecule has 1 saturated heterocycles. The van der Waals surface area contributed by atoms with Crippen molar-refractivity contribution in [3.8, 4) is 5.75 Å². The van der Waals surface area contributed by atoms with Crippen LogP contribution in [0.15, 0.2) is 42.6 Å². The molecular formula is C24H33N5O2. The molecule has 1 aliphatic heterocycles. The van der Waals surface area contributed by atoms with Gasteiger partial charge in [-0.15, -0.1) is 0 Å². The number of pyridine rings is 1. The molecule has 31 heavy (non-hydrogen) atoms. The second-order valence-corrected chi connectivity index (χ2v) is 7.99. The molecule has 4 rings (SSSR count). The van der Waals surface area contributed by atoms with Crippen molar-refractivity contribution >= 4 is 17.1 Å². The van der Waals surface area contributed by atoms with Gasteiger partial charge in [-0.2, -0.15) is 0 Å². The Morgan fingerprint density at radius 2 is 1.90 bits per heavy atom. The number of rotatable bonds is 10. The Balaban J connectivity index is 1.31. The Morgan fingerprint density at radius 3 is 2.65 bits per heavy atom. The summed E-state index contributed by atoms with van der Waals surface area (Å²) in [5.74, 6) is 1.82. The van der Waals surface area contributed by atoms with E-state index < -0.39 is 0 Å². The van der Waals surface area contributed by atoms with E-state index >= 15 is 0 Å². The Morgan fingerprint density at radius 1 is 1.10 bits per heavy atom. The van der Waals surface area contributed by atoms with Crippen LogP contribution in [0, 0.1) is 0 Å². The van der Waals surface area contributed by atoms with Crippen molar-refractivity contribution in [1.29, 1.82) is 0 Å². The van der Waals surface area contributed by atoms with Crippen LogP contribution in [0.3, 0.4) is 0 Å². The maximum absolute atomic E-state index is 5.57. The van der Waals surface area contributed by atoms with Crippen LogP contribution in [0.4, 0.5) is 5.95 Å². The minimum atomic E-state index is 0.430. The summed E-state index contributed by atoms with van der Waals surface area (Å²) in [6, 6.07) is 12.8. The number of likely N-dealkylation sites (tertiary alicyclic amines) is 1. The topological polar surface area (TPSA) is 64.4 Å². The van der Waals surface area contributed by atoms with Gasteiger partial charge in [0.15, 0.2) is 5.65 Å². The number of hydrogen-bond donors (Lipinski definition) is 1. The number of hydrogen-bond acceptors (Lipinski definition) is 6. The average molecular weight is 424 g/mol. The Kier molecular flexibility index (Phi) is 7.38. The number of benzene rings is 1. The van der Waals surface area contributed by atoms with Gasteiger partial charge in [-0.1, -0.05) is 12.1 Å². The molecule has 1 fully saturated rings. The first kappa shape index (κ1) is 21.6. The van der Waals surface area contributed by atoms with E-state index in [-0.39, 0.29) is 0 Å². The molecule has 0 radical (unpaired) electrons. The predicted octanol–water partition coefficient (Wildman–Crippen LogP) is 3.60. The van der Waals surface area contributed by atoms with E-state index in [1.54, 1.807) is 7.11 Å². The van der Waals surface area contributed by atoms with Gasteiger partial charge in [0, 0.05) is 38.5 Å². The lowest BCUT2D eigenvalue weighted by molar-refractivity contribution is 0.140. The first-order valence-electron chi connectivity index (χ1n) is 11.3. The first-order chi connectivity index (χ1) is 15.3. The van der Waals surface area contributed by atoms with E-state index in [1.165, 1.54) is 5.56 Å². The summed E-state index contributed by atoms with van der Waals surface area (Å²) in [5, 5.41) is 3.69. The molecule has 3 aromatic rings. The summed E-state index contributed by atoms with van der Waals surface area (Å²) in [4.78, 5) is 11.9. The smallest absolute Gasteiger partial charge is 0.205 e. The molecule has 0 atom stereocenters. The summed E-state index contributed by atoms with van der Waals surface area (Å²) < 4.78 is 13.0. The largest absolute Gasteiger partial charge is 0.497 e. The van der Waals surface area contributed by atoms with Gasteiger partial charge >= 0.3 is 0 Å². The highest BCUT2D eigenvalue weighted by Crippen LogP contribution is 2.21. The molecule has 0 saturated carbocycles. The molecule has 0 bridgehead atoms. The van der Waals surface area contributed by atoms with Crippen LogP contribution in [0.5, 0.6) is 5.75 Å². The third-order valence-electron chi connectivity index (χ3n) is 5.96. The molecule has 3 heterocycles. The van der Waals surface area contributed by atoms with E-state index in [1.807, 2.05) is 37.4 Å². The molecule has 1 aliphatic rings. The van der Waals surface area contributed by atoms with Gasteiger partial charge < -0.3 is 19.7 Å². The molecule has 1 aromatic carbocycles. The van der Waals surface area contributed by atoms with Crippen molar-refractivity contribution in [2.24, 2.45) is 0 Å². The fraction of sp³-hybridized carbons (Fsp3) is 0.500. The zero-order valence-electron chi connectivity index (χ0n) is 18.6. The van der Waals surface area contributed by atoms with E-state index in [0.29, 0.717) is 12.6 Å². The van der Waals surface area contributed by atoms with Gasteiger partial charge in [0.25, 0.3) is 0 Å². The van der Waals surface area contributed by atoms with Crippen LogP contribution < -0.4 is 10.1 Å². The molecule has 0 amide bonds. The molecular weight excluding hydrogens is 390 g/mol. The van der Waals surface area contributed by atoms with Crippen LogP contribution >= 0.6 is 0 Å². The third kappa shape index (κ3) is 5.54. The number of piperidine rings is 1. The highest BCUT2D eigenvalue weighted by atomic mass is 16.5. The lowest BCUT2D eigenvalue weighted by Crippen LogP contribution is -2.40. The van der Waals surface area contributed by atoms with Crippen molar-refractivity contribution in [3.63, 3.8) is 0 Å². The second kappa shape index (κ2) is 10.6. The van der Waals surface area contributed by atoms with Gasteiger partial charge in [0.1, 0.15) is 11.3 Å². The number of aromatic nitrogens is 3. The van der Waals surface area contributed by atoms with E-state index in [9.17, 15) is 0 Å². The molecule has 7 nitrogen and oxygen atoms in total. The monoisotopic (exact) mass is 423 g/mol. The molecule has 166 valence electrons. The van der Waals surface area contributed by atoms with E-state index in [0.717, 1.165) is 74.9 Å². The Hall–Kier alpha value is -2.64. The zero-order chi connectivity index (χ0) is 21.5. The van der Waals surface area contributed by atoms with Crippen molar-refractivity contribution in [3.05, 3.63) is 48.2 Å². The number of nitrogens with zero attached hydrogens (tertiary/aromatic N) is 4. The highest BCUT2D eigenvalue weighted by molar-refractivity contribution is 5.74. The SMILES string of the molecule is CCOCCn1c(NC2CCN(CCc3ccc(OC)cc3)CC2)nc2cccnc21. The molecule has 0 unspecified atom stereocenters. The van der Waals surface area contributed by atoms with Crippen LogP contribution in [-0.2, 0) is 17.7 Å². The number of nitrogens with one attached hydrogen (secondary N) is 1. The number of ether oxygens (including phenoxy) is 2. The number of imidazole rings is 1. The lowest BCUT2D eigenvalue weighted by Gasteiger charge is -2.32. The van der Waals surface area contributed by atoms with Gasteiger partial charge in [-0.25, -0.2) is 9.97 Å². The summed E-state index contributed by atoms with van der Waals surface area (Å²) in [5.41, 5.74) is 3.21. The fourth-order valence-electron chi connectivity index (χ4n) is 4.14. The average Bonchev–Trinajstić information content (AvgIpc) is 3.16. The van der Waals surface area contributed by atoms with Gasteiger partial charge in [-0.05, 0) is 56.0 Å². The van der Waals surface area contributed by atoms with Gasteiger partial charge in [0.05, 0.1) is 20.3 Å². The minimum absolute atomic E-state index is 0.430. The maximum atomic E-state index is 5.57. The predicted molar refractivity (Wildman–Crippen MR) is 124 cm³/mol. The second-order valence-electron chi connectivity index (χ2n) is 7.99. The normalized spacial score (nSPS) is 15.4. The number of methoxy groups -OCH3 is 1. The third-order valence-corrected chi connectivity index (χ3v) is 5.96. The number of anilines is 1. The standard InChI is InChI=1S/C24H33N5O2/c1-3-31-18-17-29-23-22(5-4-13-25-23)27-24(29)26-20-11-15-28(16-12-20)14-10-19-6-8-21(30-2)9-7-19/h4-9,13,20H,3,10-12,14-18H2,1-2H3,(H,26,27). The first-order valence-corrected chi connectivity index (χ1v) is 11.3. The van der Waals surface area contributed by atoms with Gasteiger partial charge in [0.2, 0.25) is 5.95 Å². The summed E-state index contributed by atoms with van der Waals surface area (Å²) in [7, 11) is 1.71. The summed E-state index contributed by atoms with van der Waals surface area (Å²) >= 11 is 0. The molecule has 0 aliphatic carbocycles. The van der Waals surface area contributed by atoms with Gasteiger partial charge in [-0.3, -0.25) is 4.57 Å². The Bertz CT molecular complexity index is 948. The Labute approximate surface area is 184 Å². The summed E-state index contributed by atoms with van der Waals surface area (Å²) in [6.07, 6.45) is 5.13. The molecule has 0 spiro atoms. The minimum Gasteiger partial charge on any atom is -0.497 e. The molecule has 2 aromatic heterocycles. The molecule has 1 N–H and O–H groups in total. The van der Waals surface area contributed by atoms with Crippen LogP contribution in [0.2, 0.25) is 0 Å². The lowest BCUT2D eigenvalue weighted by atomic mass is 10.0. The van der Waals surface area contributed by atoms with Crippen LogP contribution in [0.1, 0.15) is 25.3 Å². The van der Waals surface area contributed by atoms with Crippen molar-refractivity contribution in [2.75, 3.05) is 45.3 Å². The van der Waals surface area contributed by atoms with Crippen molar-refractivity contribution in [1.82, 2.24) is 19.4 Å². The van der Waals surface area contributed by atoms with Crippen molar-refractivity contribution < 1.29 is 9.47 Å². The number of fused-ring (bicyclic) bond motifs is 1. The van der Waals surface area contributed by atoms with Crippen LogP contribution in [0.25, 0.3) is 11.2 Å². The fourth-order valence-corrected chi connectivity index (χ4v) is 4.14. The molecule has 7 heteroatoms. The van der Waals surface area contributed by atoms with Crippen molar-refractivity contribution in [2.45, 2.75) is 38.8 Å². The van der Waals surface area contributed by atoms with Crippen LogP contribution in [-0.4, -0.2) is 65.4 Å². The maximum Gasteiger partial charge on any atom is 0.205 e. The van der Waals surface area contributed by atoms with E-state index in [4.69, 9.17) is 14.5 Å². The quantitative estimate of drug-likeness (QED) is 0.503. The zero-order valence-corrected chi connectivity index (χ0v) is 18.6. The summed E-state index contributed by atoms with van der Waals surface area (Å²) in [6.45, 7) is 7.46. The van der Waals surface area contributed by atoms with E-state index in [2.05, 4.69) is 31.9 Å². The highest BCUT2D eigenvalue weighted by Gasteiger charge is 2.21.